The Bertz CT molecular complexity index is 369. The number of nitrogens with zero attached hydrogens (tertiary/aromatic N) is 1. The molecule has 0 saturated carbocycles. The molecule has 3 heteroatoms. The van der Waals surface area contributed by atoms with Crippen LogP contribution in [0.15, 0.2) is 18.5 Å². The summed E-state index contributed by atoms with van der Waals surface area (Å²) < 4.78 is 7.73. The van der Waals surface area contributed by atoms with E-state index in [2.05, 4.69) is 63.0 Å². The van der Waals surface area contributed by atoms with Crippen LogP contribution in [-0.4, -0.2) is 23.8 Å². The highest BCUT2D eigenvalue weighted by atomic mass is 16.5. The van der Waals surface area contributed by atoms with Crippen LogP contribution in [0.4, 0.5) is 0 Å². The molecular formula is C16H30N2O. The molecule has 0 bridgehead atoms. The minimum absolute atomic E-state index is 0.0520. The van der Waals surface area contributed by atoms with Crippen LogP contribution >= 0.6 is 0 Å². The van der Waals surface area contributed by atoms with E-state index in [0.717, 1.165) is 19.5 Å². The Morgan fingerprint density at radius 1 is 1.37 bits per heavy atom. The lowest BCUT2D eigenvalue weighted by atomic mass is 9.98. The minimum Gasteiger partial charge on any atom is -0.379 e. The van der Waals surface area contributed by atoms with Gasteiger partial charge >= 0.3 is 0 Å². The van der Waals surface area contributed by atoms with Crippen molar-refractivity contribution in [1.82, 2.24) is 9.88 Å². The summed E-state index contributed by atoms with van der Waals surface area (Å²) in [6.07, 6.45) is 5.46. The lowest BCUT2D eigenvalue weighted by Gasteiger charge is -2.23. The molecule has 1 heterocycles. The van der Waals surface area contributed by atoms with Crippen molar-refractivity contribution < 1.29 is 4.74 Å². The normalized spacial score (nSPS) is 14.1. The monoisotopic (exact) mass is 266 g/mol. The number of hydrogen-bond acceptors (Lipinski definition) is 2. The molecule has 0 aliphatic heterocycles. The SMILES string of the molecule is CCNC(c1ccn(CCC(C)(C)OC)c1)C(C)C. The standard InChI is InChI=1S/C16H30N2O/c1-7-17-15(13(2)3)14-8-10-18(12-14)11-9-16(4,5)19-6/h8,10,12-13,15,17H,7,9,11H2,1-6H3. The number of aryl methyl sites for hydroxylation is 1. The molecule has 0 saturated heterocycles. The van der Waals surface area contributed by atoms with Crippen LogP contribution < -0.4 is 5.32 Å². The maximum atomic E-state index is 5.46. The molecule has 0 amide bonds. The first-order valence-corrected chi connectivity index (χ1v) is 7.34. The fourth-order valence-electron chi connectivity index (χ4n) is 2.24. The van der Waals surface area contributed by atoms with E-state index in [0.29, 0.717) is 12.0 Å². The number of hydrogen-bond donors (Lipinski definition) is 1. The molecule has 3 nitrogen and oxygen atoms in total. The molecule has 0 aliphatic carbocycles. The van der Waals surface area contributed by atoms with Gasteiger partial charge in [0, 0.05) is 32.1 Å². The highest BCUT2D eigenvalue weighted by Crippen LogP contribution is 2.22. The van der Waals surface area contributed by atoms with E-state index in [1.54, 1.807) is 7.11 Å². The third-order valence-corrected chi connectivity index (χ3v) is 3.75. The third-order valence-electron chi connectivity index (χ3n) is 3.75. The Labute approximate surface area is 118 Å². The van der Waals surface area contributed by atoms with E-state index in [4.69, 9.17) is 4.74 Å². The summed E-state index contributed by atoms with van der Waals surface area (Å²) in [5.41, 5.74) is 1.33. The third kappa shape index (κ3) is 5.00. The predicted octanol–water partition coefficient (Wildman–Crippen LogP) is 3.61. The zero-order chi connectivity index (χ0) is 14.5. The van der Waals surface area contributed by atoms with E-state index < -0.39 is 0 Å². The molecule has 0 aromatic carbocycles. The van der Waals surface area contributed by atoms with Crippen molar-refractivity contribution in [2.45, 2.75) is 59.2 Å². The predicted molar refractivity (Wildman–Crippen MR) is 81.4 cm³/mol. The maximum absolute atomic E-state index is 5.46. The summed E-state index contributed by atoms with van der Waals surface area (Å²) in [5.74, 6) is 0.603. The molecular weight excluding hydrogens is 236 g/mol. The second-order valence-electron chi connectivity index (χ2n) is 6.18. The van der Waals surface area contributed by atoms with Gasteiger partial charge in [0.1, 0.15) is 0 Å². The number of ether oxygens (including phenoxy) is 1. The molecule has 0 fully saturated rings. The fourth-order valence-corrected chi connectivity index (χ4v) is 2.24. The Kier molecular flexibility index (Phi) is 6.08. The molecule has 0 aliphatic rings. The van der Waals surface area contributed by atoms with Gasteiger partial charge in [-0.1, -0.05) is 20.8 Å². The second kappa shape index (κ2) is 7.11. The highest BCUT2D eigenvalue weighted by Gasteiger charge is 2.18. The second-order valence-corrected chi connectivity index (χ2v) is 6.18. The quantitative estimate of drug-likeness (QED) is 0.778. The fraction of sp³-hybridized carbons (Fsp3) is 0.750. The van der Waals surface area contributed by atoms with Crippen molar-refractivity contribution in [2.24, 2.45) is 5.92 Å². The molecule has 1 aromatic heterocycles. The maximum Gasteiger partial charge on any atom is 0.0639 e. The van der Waals surface area contributed by atoms with Gasteiger partial charge in [-0.05, 0) is 44.4 Å². The van der Waals surface area contributed by atoms with E-state index in [1.807, 2.05) is 0 Å². The molecule has 1 N–H and O–H groups in total. The largest absolute Gasteiger partial charge is 0.379 e. The first-order chi connectivity index (χ1) is 8.89. The van der Waals surface area contributed by atoms with Crippen LogP contribution in [0.3, 0.4) is 0 Å². The van der Waals surface area contributed by atoms with Gasteiger partial charge in [-0.25, -0.2) is 0 Å². The average Bonchev–Trinajstić information content (AvgIpc) is 2.82. The summed E-state index contributed by atoms with van der Waals surface area (Å²) >= 11 is 0. The number of rotatable bonds is 8. The van der Waals surface area contributed by atoms with Gasteiger partial charge in [0.15, 0.2) is 0 Å². The summed E-state index contributed by atoms with van der Waals surface area (Å²) in [6.45, 7) is 13.0. The van der Waals surface area contributed by atoms with Gasteiger partial charge in [-0.3, -0.25) is 0 Å². The van der Waals surface area contributed by atoms with Gasteiger partial charge in [0.2, 0.25) is 0 Å². The Morgan fingerprint density at radius 2 is 2.05 bits per heavy atom. The van der Waals surface area contributed by atoms with Gasteiger partial charge in [-0.15, -0.1) is 0 Å². The van der Waals surface area contributed by atoms with Gasteiger partial charge < -0.3 is 14.6 Å². The molecule has 1 rings (SSSR count). The zero-order valence-electron chi connectivity index (χ0n) is 13.4. The van der Waals surface area contributed by atoms with Gasteiger partial charge in [0.05, 0.1) is 5.60 Å². The summed E-state index contributed by atoms with van der Waals surface area (Å²) in [6, 6.07) is 2.68. The van der Waals surface area contributed by atoms with Crippen LogP contribution in [0.2, 0.25) is 0 Å². The number of aromatic nitrogens is 1. The van der Waals surface area contributed by atoms with E-state index in [1.165, 1.54) is 5.56 Å². The average molecular weight is 266 g/mol. The smallest absolute Gasteiger partial charge is 0.0639 e. The van der Waals surface area contributed by atoms with Crippen LogP contribution in [0.25, 0.3) is 0 Å². The van der Waals surface area contributed by atoms with E-state index in [9.17, 15) is 0 Å². The molecule has 110 valence electrons. The molecule has 0 radical (unpaired) electrons. The number of methoxy groups -OCH3 is 1. The molecule has 1 atom stereocenters. The Hall–Kier alpha value is -0.800. The van der Waals surface area contributed by atoms with E-state index >= 15 is 0 Å². The van der Waals surface area contributed by atoms with Crippen molar-refractivity contribution in [3.8, 4) is 0 Å². The van der Waals surface area contributed by atoms with Crippen LogP contribution in [0.5, 0.6) is 0 Å². The van der Waals surface area contributed by atoms with Crippen LogP contribution in [0, 0.1) is 5.92 Å². The van der Waals surface area contributed by atoms with Crippen LogP contribution in [-0.2, 0) is 11.3 Å². The lowest BCUT2D eigenvalue weighted by molar-refractivity contribution is 0.0120. The highest BCUT2D eigenvalue weighted by molar-refractivity contribution is 5.16. The Morgan fingerprint density at radius 3 is 2.58 bits per heavy atom. The van der Waals surface area contributed by atoms with Crippen molar-refractivity contribution in [1.29, 1.82) is 0 Å². The van der Waals surface area contributed by atoms with Crippen molar-refractivity contribution in [3.05, 3.63) is 24.0 Å². The molecule has 1 aromatic rings. The molecule has 19 heavy (non-hydrogen) atoms. The van der Waals surface area contributed by atoms with Crippen molar-refractivity contribution >= 4 is 0 Å². The molecule has 0 spiro atoms. The zero-order valence-corrected chi connectivity index (χ0v) is 13.4. The topological polar surface area (TPSA) is 26.2 Å². The Balaban J connectivity index is 2.65. The first kappa shape index (κ1) is 16.3. The number of nitrogens with one attached hydrogen (secondary N) is 1. The molecule has 1 unspecified atom stereocenters. The lowest BCUT2D eigenvalue weighted by Crippen LogP contribution is -2.25. The van der Waals surface area contributed by atoms with Gasteiger partial charge in [-0.2, -0.15) is 0 Å². The van der Waals surface area contributed by atoms with Crippen molar-refractivity contribution in [3.63, 3.8) is 0 Å². The summed E-state index contributed by atoms with van der Waals surface area (Å²) in [4.78, 5) is 0. The first-order valence-electron chi connectivity index (χ1n) is 7.34. The van der Waals surface area contributed by atoms with Crippen molar-refractivity contribution in [2.75, 3.05) is 13.7 Å². The summed E-state index contributed by atoms with van der Waals surface area (Å²) in [5, 5.41) is 3.56. The summed E-state index contributed by atoms with van der Waals surface area (Å²) in [7, 11) is 1.78. The van der Waals surface area contributed by atoms with Crippen LogP contribution in [0.1, 0.15) is 52.6 Å². The van der Waals surface area contributed by atoms with Gasteiger partial charge in [0.25, 0.3) is 0 Å². The van der Waals surface area contributed by atoms with E-state index in [-0.39, 0.29) is 5.60 Å². The minimum atomic E-state index is -0.0520.